The first kappa shape index (κ1) is 23.6. The molecule has 0 aromatic heterocycles. The van der Waals surface area contributed by atoms with E-state index >= 15 is 0 Å². The Kier molecular flexibility index (Phi) is 8.08. The fourth-order valence-electron chi connectivity index (χ4n) is 4.19. The number of nitrogens with zero attached hydrogens (tertiary/aromatic N) is 3. The van der Waals surface area contributed by atoms with Crippen LogP contribution in [0, 0.1) is 11.8 Å². The highest BCUT2D eigenvalue weighted by molar-refractivity contribution is 7.89. The summed E-state index contributed by atoms with van der Waals surface area (Å²) in [5.41, 5.74) is 1.29. The van der Waals surface area contributed by atoms with Gasteiger partial charge >= 0.3 is 0 Å². The van der Waals surface area contributed by atoms with Crippen molar-refractivity contribution in [1.29, 1.82) is 0 Å². The highest BCUT2D eigenvalue weighted by Gasteiger charge is 2.25. The average molecular weight is 425 g/mol. The molecule has 2 rings (SSSR count). The monoisotopic (exact) mass is 424 g/mol. The van der Waals surface area contributed by atoms with Crippen molar-refractivity contribution >= 4 is 27.3 Å². The van der Waals surface area contributed by atoms with Gasteiger partial charge in [0.15, 0.2) is 0 Å². The lowest BCUT2D eigenvalue weighted by atomic mass is 9.92. The maximum atomic E-state index is 12.9. The first-order chi connectivity index (χ1) is 13.6. The van der Waals surface area contributed by atoms with Crippen LogP contribution < -0.4 is 10.2 Å². The predicted octanol–water partition coefficient (Wildman–Crippen LogP) is 2.70. The van der Waals surface area contributed by atoms with Gasteiger partial charge in [-0.1, -0.05) is 27.7 Å². The van der Waals surface area contributed by atoms with E-state index in [1.54, 1.807) is 18.2 Å². The third-order valence-corrected chi connectivity index (χ3v) is 7.42. The minimum Gasteiger partial charge on any atom is -0.376 e. The second-order valence-electron chi connectivity index (χ2n) is 8.35. The number of hydrogen-bond acceptors (Lipinski definition) is 5. The Morgan fingerprint density at radius 1 is 1.14 bits per heavy atom. The molecule has 1 aromatic rings. The zero-order valence-electron chi connectivity index (χ0n) is 18.6. The Balaban J connectivity index is 2.24. The van der Waals surface area contributed by atoms with Gasteiger partial charge in [0.05, 0.1) is 22.8 Å². The number of rotatable bonds is 8. The van der Waals surface area contributed by atoms with E-state index in [1.165, 1.54) is 10.7 Å². The van der Waals surface area contributed by atoms with Gasteiger partial charge in [0.1, 0.15) is 0 Å². The third-order valence-electron chi connectivity index (χ3n) is 5.38. The number of anilines is 2. The molecule has 0 spiro atoms. The second-order valence-corrected chi connectivity index (χ2v) is 10.3. The molecule has 7 nitrogen and oxygen atoms in total. The van der Waals surface area contributed by atoms with Gasteiger partial charge in [0, 0.05) is 40.3 Å². The molecular formula is C21H36N4O3S. The van der Waals surface area contributed by atoms with E-state index in [1.807, 2.05) is 32.8 Å². The van der Waals surface area contributed by atoms with Gasteiger partial charge in [-0.25, -0.2) is 8.42 Å². The fourth-order valence-corrected chi connectivity index (χ4v) is 5.68. The number of nitrogens with one attached hydrogen (secondary N) is 1. The Bertz CT molecular complexity index is 796. The minimum absolute atomic E-state index is 0.119. The van der Waals surface area contributed by atoms with Crippen molar-refractivity contribution < 1.29 is 13.2 Å². The van der Waals surface area contributed by atoms with Crippen molar-refractivity contribution in [2.75, 3.05) is 57.0 Å². The molecule has 0 aliphatic carbocycles. The molecule has 8 heteroatoms. The zero-order valence-corrected chi connectivity index (χ0v) is 19.4. The van der Waals surface area contributed by atoms with E-state index in [9.17, 15) is 13.2 Å². The molecule has 1 aliphatic rings. The largest absolute Gasteiger partial charge is 0.376 e. The van der Waals surface area contributed by atoms with Crippen molar-refractivity contribution in [2.45, 2.75) is 39.0 Å². The maximum Gasteiger partial charge on any atom is 0.243 e. The number of carbonyl (C=O) groups excluding carboxylic acids is 1. The SMILES string of the molecule is CCN(CC)S(=O)(=O)c1ccc(N(C)C)c(NC(=O)CN2C[C@H](C)C[C@H](C)C2)c1. The summed E-state index contributed by atoms with van der Waals surface area (Å²) in [6.45, 7) is 11.0. The Morgan fingerprint density at radius 2 is 1.72 bits per heavy atom. The van der Waals surface area contributed by atoms with Crippen LogP contribution in [0.4, 0.5) is 11.4 Å². The molecule has 1 aromatic carbocycles. The van der Waals surface area contributed by atoms with Crippen molar-refractivity contribution in [2.24, 2.45) is 11.8 Å². The summed E-state index contributed by atoms with van der Waals surface area (Å²) in [6.07, 6.45) is 1.19. The number of likely N-dealkylation sites (tertiary alicyclic amines) is 1. The fraction of sp³-hybridized carbons (Fsp3) is 0.667. The van der Waals surface area contributed by atoms with Gasteiger partial charge in [-0.05, 0) is 36.5 Å². The van der Waals surface area contributed by atoms with Crippen LogP contribution in [0.15, 0.2) is 23.1 Å². The smallest absolute Gasteiger partial charge is 0.243 e. The van der Waals surface area contributed by atoms with E-state index in [4.69, 9.17) is 0 Å². The van der Waals surface area contributed by atoms with Gasteiger partial charge in [-0.15, -0.1) is 0 Å². The molecule has 0 radical (unpaired) electrons. The van der Waals surface area contributed by atoms with Crippen molar-refractivity contribution in [1.82, 2.24) is 9.21 Å². The van der Waals surface area contributed by atoms with Crippen LogP contribution >= 0.6 is 0 Å². The van der Waals surface area contributed by atoms with E-state index in [0.29, 0.717) is 37.2 Å². The van der Waals surface area contributed by atoms with Gasteiger partial charge < -0.3 is 10.2 Å². The summed E-state index contributed by atoms with van der Waals surface area (Å²) in [5.74, 6) is 1.03. The summed E-state index contributed by atoms with van der Waals surface area (Å²) >= 11 is 0. The molecule has 0 unspecified atom stereocenters. The molecule has 1 fully saturated rings. The third kappa shape index (κ3) is 5.93. The Morgan fingerprint density at radius 3 is 2.24 bits per heavy atom. The zero-order chi connectivity index (χ0) is 21.8. The quantitative estimate of drug-likeness (QED) is 0.695. The lowest BCUT2D eigenvalue weighted by Crippen LogP contribution is -2.42. The van der Waals surface area contributed by atoms with Crippen molar-refractivity contribution in [3.05, 3.63) is 18.2 Å². The van der Waals surface area contributed by atoms with E-state index in [0.717, 1.165) is 18.8 Å². The number of carbonyl (C=O) groups is 1. The van der Waals surface area contributed by atoms with Crippen LogP contribution in [0.5, 0.6) is 0 Å². The molecule has 0 bridgehead atoms. The highest BCUT2D eigenvalue weighted by atomic mass is 32.2. The van der Waals surface area contributed by atoms with Crippen LogP contribution in [0.25, 0.3) is 0 Å². The standard InChI is InChI=1S/C21H36N4O3S/c1-7-25(8-2)29(27,28)18-9-10-20(23(5)6)19(12-18)22-21(26)15-24-13-16(3)11-17(4)14-24/h9-10,12,16-17H,7-8,11,13-15H2,1-6H3,(H,22,26)/t16-,17+. The van der Waals surface area contributed by atoms with Crippen molar-refractivity contribution in [3.8, 4) is 0 Å². The predicted molar refractivity (Wildman–Crippen MR) is 119 cm³/mol. The minimum atomic E-state index is -3.59. The molecule has 1 aliphatic heterocycles. The average Bonchev–Trinajstić information content (AvgIpc) is 2.61. The maximum absolute atomic E-state index is 12.9. The topological polar surface area (TPSA) is 73.0 Å². The molecule has 2 atom stereocenters. The molecule has 1 N–H and O–H groups in total. The molecule has 1 heterocycles. The first-order valence-corrected chi connectivity index (χ1v) is 11.9. The lowest BCUT2D eigenvalue weighted by Gasteiger charge is -2.34. The summed E-state index contributed by atoms with van der Waals surface area (Å²) in [5, 5.41) is 2.95. The van der Waals surface area contributed by atoms with Crippen LogP contribution in [0.1, 0.15) is 34.1 Å². The van der Waals surface area contributed by atoms with E-state index in [-0.39, 0.29) is 10.8 Å². The lowest BCUT2D eigenvalue weighted by molar-refractivity contribution is -0.117. The van der Waals surface area contributed by atoms with Gasteiger partial charge in [-0.2, -0.15) is 4.31 Å². The van der Waals surface area contributed by atoms with Gasteiger partial charge in [0.2, 0.25) is 15.9 Å². The molecular weight excluding hydrogens is 388 g/mol. The molecule has 0 saturated carbocycles. The highest BCUT2D eigenvalue weighted by Crippen LogP contribution is 2.29. The number of benzene rings is 1. The summed E-state index contributed by atoms with van der Waals surface area (Å²) in [6, 6.07) is 4.92. The number of hydrogen-bond donors (Lipinski definition) is 1. The van der Waals surface area contributed by atoms with Crippen LogP contribution in [0.2, 0.25) is 0 Å². The number of piperidine rings is 1. The summed E-state index contributed by atoms with van der Waals surface area (Å²) in [7, 11) is 0.155. The van der Waals surface area contributed by atoms with E-state index < -0.39 is 10.0 Å². The second kappa shape index (κ2) is 9.91. The molecule has 164 valence electrons. The number of amides is 1. The van der Waals surface area contributed by atoms with E-state index in [2.05, 4.69) is 24.1 Å². The number of sulfonamides is 1. The van der Waals surface area contributed by atoms with Crippen LogP contribution in [-0.2, 0) is 14.8 Å². The van der Waals surface area contributed by atoms with Gasteiger partial charge in [-0.3, -0.25) is 9.69 Å². The summed E-state index contributed by atoms with van der Waals surface area (Å²) < 4.78 is 27.2. The Labute approximate surface area is 176 Å². The Hall–Kier alpha value is -1.64. The molecule has 29 heavy (non-hydrogen) atoms. The normalized spacial score (nSPS) is 20.7. The molecule has 1 saturated heterocycles. The summed E-state index contributed by atoms with van der Waals surface area (Å²) in [4.78, 5) is 17.0. The molecule has 1 amide bonds. The van der Waals surface area contributed by atoms with Crippen molar-refractivity contribution in [3.63, 3.8) is 0 Å². The van der Waals surface area contributed by atoms with Gasteiger partial charge in [0.25, 0.3) is 0 Å². The first-order valence-electron chi connectivity index (χ1n) is 10.4. The van der Waals surface area contributed by atoms with Crippen LogP contribution in [0.3, 0.4) is 0 Å². The van der Waals surface area contributed by atoms with Crippen LogP contribution in [-0.4, -0.2) is 70.3 Å².